The molecule has 5 fully saturated rings. The number of amides is 1. The highest BCUT2D eigenvalue weighted by molar-refractivity contribution is 5.81. The van der Waals surface area contributed by atoms with Gasteiger partial charge >= 0.3 is 5.97 Å². The maximum absolute atomic E-state index is 12.7. The first-order valence-electron chi connectivity index (χ1n) is 13.8. The van der Waals surface area contributed by atoms with Crippen molar-refractivity contribution in [3.05, 3.63) is 0 Å². The van der Waals surface area contributed by atoms with Crippen LogP contribution in [0.5, 0.6) is 0 Å². The molecule has 0 radical (unpaired) electrons. The summed E-state index contributed by atoms with van der Waals surface area (Å²) in [6, 6.07) is 0. The summed E-state index contributed by atoms with van der Waals surface area (Å²) in [5.41, 5.74) is -0.777. The largest absolute Gasteiger partial charge is 0.435 e. The van der Waals surface area contributed by atoms with Gasteiger partial charge in [0.1, 0.15) is 24.4 Å². The van der Waals surface area contributed by atoms with Crippen LogP contribution in [0, 0.1) is 23.7 Å². The average molecular weight is 562 g/mol. The van der Waals surface area contributed by atoms with Gasteiger partial charge in [-0.05, 0) is 38.0 Å². The van der Waals surface area contributed by atoms with Crippen molar-refractivity contribution in [2.45, 2.75) is 108 Å². The van der Waals surface area contributed by atoms with E-state index in [2.05, 4.69) is 6.92 Å². The van der Waals surface area contributed by atoms with Crippen molar-refractivity contribution in [1.82, 2.24) is 4.90 Å². The van der Waals surface area contributed by atoms with Gasteiger partial charge in [-0.1, -0.05) is 13.8 Å². The van der Waals surface area contributed by atoms with Gasteiger partial charge in [0, 0.05) is 38.3 Å². The fourth-order valence-electron chi connectivity index (χ4n) is 6.65. The molecule has 13 heteroatoms. The van der Waals surface area contributed by atoms with E-state index in [-0.39, 0.29) is 37.1 Å². The van der Waals surface area contributed by atoms with E-state index in [0.717, 1.165) is 24.2 Å². The molecule has 4 aliphatic heterocycles. The van der Waals surface area contributed by atoms with Gasteiger partial charge in [-0.15, -0.1) is 0 Å². The summed E-state index contributed by atoms with van der Waals surface area (Å²) in [7, 11) is 1.37. The highest BCUT2D eigenvalue weighted by Crippen LogP contribution is 2.60. The predicted molar refractivity (Wildman–Crippen MR) is 131 cm³/mol. The Morgan fingerprint density at radius 1 is 1.00 bits per heavy atom. The molecule has 224 valence electrons. The van der Waals surface area contributed by atoms with Gasteiger partial charge in [0.2, 0.25) is 18.0 Å². The molecular weight excluding hydrogens is 518 g/mol. The summed E-state index contributed by atoms with van der Waals surface area (Å²) in [5.74, 6) is -1.72. The Balaban J connectivity index is 1.32. The minimum atomic E-state index is -1.80. The number of ether oxygens (including phenoxy) is 3. The monoisotopic (exact) mass is 561 g/mol. The van der Waals surface area contributed by atoms with Crippen molar-refractivity contribution in [2.75, 3.05) is 20.2 Å². The van der Waals surface area contributed by atoms with Crippen LogP contribution in [-0.4, -0.2) is 111 Å². The van der Waals surface area contributed by atoms with Crippen LogP contribution in [0.1, 0.15) is 59.3 Å². The fourth-order valence-corrected chi connectivity index (χ4v) is 6.65. The molecule has 5 rings (SSSR count). The molecule has 0 aromatic heterocycles. The number of aliphatic hydroxyl groups is 5. The Labute approximate surface area is 227 Å². The first-order chi connectivity index (χ1) is 18.3. The minimum Gasteiger partial charge on any atom is -0.435 e. The second-order valence-corrected chi connectivity index (χ2v) is 11.8. The Hall–Kier alpha value is -1.42. The van der Waals surface area contributed by atoms with E-state index in [1.165, 1.54) is 7.05 Å². The van der Waals surface area contributed by atoms with Gasteiger partial charge in [0.25, 0.3) is 0 Å². The Kier molecular flexibility index (Phi) is 9.26. The lowest BCUT2D eigenvalue weighted by Gasteiger charge is -2.59. The zero-order chi connectivity index (χ0) is 28.7. The molecule has 39 heavy (non-hydrogen) atoms. The van der Waals surface area contributed by atoms with E-state index >= 15 is 0 Å². The summed E-state index contributed by atoms with van der Waals surface area (Å²) in [5, 5.41) is 48.1. The summed E-state index contributed by atoms with van der Waals surface area (Å²) in [6.45, 7) is 4.81. The van der Waals surface area contributed by atoms with E-state index in [1.54, 1.807) is 0 Å². The Morgan fingerprint density at radius 2 is 1.69 bits per heavy atom. The standard InChI is InChI=1S/C26H43NO12/c1-13-5-6-16-14(2)23(36-24-26(16)15(13)9-10-25(3,37-24)38-39-26)35-20(32)8-7-19(31)27(4)11-17(29)21(33)22(34)18(30)12-28/h13-18,21-24,28-30,33-34H,5-12H2,1-4H3/t13-,14-,15-,16-,17+,18+,21+,22-,23-,24-,25-,26-/m1/s1. The van der Waals surface area contributed by atoms with Crippen molar-refractivity contribution in [3.63, 3.8) is 0 Å². The molecular formula is C26H43NO12. The Morgan fingerprint density at radius 3 is 2.38 bits per heavy atom. The molecule has 0 unspecified atom stereocenters. The van der Waals surface area contributed by atoms with E-state index < -0.39 is 66.9 Å². The third-order valence-corrected chi connectivity index (χ3v) is 9.10. The number of hydrogen-bond donors (Lipinski definition) is 5. The van der Waals surface area contributed by atoms with E-state index in [1.807, 2.05) is 13.8 Å². The first kappa shape index (κ1) is 30.5. The number of nitrogens with zero attached hydrogens (tertiary/aromatic N) is 1. The number of carbonyl (C=O) groups excluding carboxylic acids is 2. The lowest BCUT2D eigenvalue weighted by molar-refractivity contribution is -0.576. The lowest BCUT2D eigenvalue weighted by atomic mass is 9.58. The van der Waals surface area contributed by atoms with Gasteiger partial charge in [-0.3, -0.25) is 9.59 Å². The molecule has 0 aromatic rings. The summed E-state index contributed by atoms with van der Waals surface area (Å²) in [4.78, 5) is 38.2. The number of rotatable bonds is 10. The molecule has 12 atom stereocenters. The van der Waals surface area contributed by atoms with Gasteiger partial charge in [0.15, 0.2) is 11.9 Å². The third-order valence-electron chi connectivity index (χ3n) is 9.10. The van der Waals surface area contributed by atoms with Crippen LogP contribution in [0.25, 0.3) is 0 Å². The topological polar surface area (TPSA) is 185 Å². The summed E-state index contributed by atoms with van der Waals surface area (Å²) in [6.07, 6.45) is -5.52. The fraction of sp³-hybridized carbons (Fsp3) is 0.923. The summed E-state index contributed by atoms with van der Waals surface area (Å²) < 4.78 is 18.2. The zero-order valence-corrected chi connectivity index (χ0v) is 23.0. The van der Waals surface area contributed by atoms with E-state index in [0.29, 0.717) is 12.3 Å². The molecule has 4 saturated heterocycles. The smallest absolute Gasteiger partial charge is 0.308 e. The molecule has 2 bridgehead atoms. The zero-order valence-electron chi connectivity index (χ0n) is 23.0. The molecule has 0 aromatic carbocycles. The van der Waals surface area contributed by atoms with Crippen LogP contribution in [0.3, 0.4) is 0 Å². The molecule has 4 heterocycles. The number of fused-ring (bicyclic) bond motifs is 2. The molecule has 1 amide bonds. The molecule has 13 nitrogen and oxygen atoms in total. The predicted octanol–water partition coefficient (Wildman–Crippen LogP) is -0.588. The SMILES string of the molecule is C[C@H]1[C@H](OC(=O)CCC(=O)N(C)C[C@H](O)[C@H](O)[C@H](O)[C@@H](O)CO)O[C@@H]2O[C@@]3(C)CC[C@@H]4[C@H](C)CC[C@H]1[C@@]24OO3. The van der Waals surface area contributed by atoms with Gasteiger partial charge in [-0.25, -0.2) is 9.78 Å². The van der Waals surface area contributed by atoms with Crippen molar-refractivity contribution >= 4 is 11.9 Å². The van der Waals surface area contributed by atoms with Crippen molar-refractivity contribution < 1.29 is 59.1 Å². The maximum Gasteiger partial charge on any atom is 0.308 e. The molecule has 1 saturated carbocycles. The molecule has 1 aliphatic carbocycles. The van der Waals surface area contributed by atoms with Gasteiger partial charge < -0.3 is 44.6 Å². The van der Waals surface area contributed by atoms with Crippen LogP contribution < -0.4 is 0 Å². The highest BCUT2D eigenvalue weighted by atomic mass is 17.3. The van der Waals surface area contributed by atoms with Crippen LogP contribution >= 0.6 is 0 Å². The maximum atomic E-state index is 12.7. The van der Waals surface area contributed by atoms with Crippen molar-refractivity contribution in [1.29, 1.82) is 0 Å². The number of esters is 1. The Bertz CT molecular complexity index is 891. The second kappa shape index (κ2) is 11.8. The first-order valence-corrected chi connectivity index (χ1v) is 13.8. The molecule has 5 N–H and O–H groups in total. The van der Waals surface area contributed by atoms with Crippen LogP contribution in [0.2, 0.25) is 0 Å². The third kappa shape index (κ3) is 5.84. The van der Waals surface area contributed by atoms with Crippen LogP contribution in [0.4, 0.5) is 0 Å². The van der Waals surface area contributed by atoms with E-state index in [4.69, 9.17) is 29.1 Å². The number of hydrogen-bond acceptors (Lipinski definition) is 12. The van der Waals surface area contributed by atoms with Gasteiger partial charge in [0.05, 0.1) is 13.0 Å². The van der Waals surface area contributed by atoms with Gasteiger partial charge in [-0.2, -0.15) is 0 Å². The quantitative estimate of drug-likeness (QED) is 0.169. The minimum absolute atomic E-state index is 0.0155. The number of likely N-dealkylation sites (N-methyl/N-ethyl adjacent to an activating group) is 1. The lowest BCUT2D eigenvalue weighted by Crippen LogP contribution is -2.70. The van der Waals surface area contributed by atoms with Crippen LogP contribution in [0.15, 0.2) is 0 Å². The van der Waals surface area contributed by atoms with Crippen molar-refractivity contribution in [2.24, 2.45) is 23.7 Å². The molecule has 5 aliphatic rings. The molecule has 1 spiro atoms. The average Bonchev–Trinajstić information content (AvgIpc) is 3.14. The normalized spacial score (nSPS) is 40.5. The van der Waals surface area contributed by atoms with E-state index in [9.17, 15) is 30.0 Å². The second-order valence-electron chi connectivity index (χ2n) is 11.8. The highest BCUT2D eigenvalue weighted by Gasteiger charge is 2.69. The van der Waals surface area contributed by atoms with Crippen LogP contribution in [-0.2, 0) is 33.6 Å². The summed E-state index contributed by atoms with van der Waals surface area (Å²) >= 11 is 0. The number of aliphatic hydroxyl groups excluding tert-OH is 5. The number of carbonyl (C=O) groups is 2. The van der Waals surface area contributed by atoms with Crippen molar-refractivity contribution in [3.8, 4) is 0 Å².